The molecule has 2 N–H and O–H groups in total. The molecule has 1 amide bonds. The van der Waals surface area contributed by atoms with E-state index in [4.69, 9.17) is 21.1 Å². The molecule has 10 heteroatoms. The first-order valence-electron chi connectivity index (χ1n) is 9.45. The Kier molecular flexibility index (Phi) is 6.02. The standard InChI is InChI=1S/C22H18ClN3O5S/c1-14(15-5-10-20-21(12-15)31-13-30-20)24-25-22(27)16-3-2-4-19(11-16)32(28,29)26-18-8-6-17(23)7-9-18/h2-12,26H,13H2,1H3,(H,25,27)/b24-14-. The number of ether oxygens (including phenoxy) is 2. The summed E-state index contributed by atoms with van der Waals surface area (Å²) in [5.74, 6) is 0.707. The highest BCUT2D eigenvalue weighted by Gasteiger charge is 2.17. The number of carbonyl (C=O) groups is 1. The summed E-state index contributed by atoms with van der Waals surface area (Å²) in [6, 6.07) is 17.2. The van der Waals surface area contributed by atoms with Crippen LogP contribution in [0.3, 0.4) is 0 Å². The fourth-order valence-corrected chi connectivity index (χ4v) is 4.15. The molecular weight excluding hydrogens is 454 g/mol. The lowest BCUT2D eigenvalue weighted by Crippen LogP contribution is -2.20. The fourth-order valence-electron chi connectivity index (χ4n) is 2.92. The average molecular weight is 472 g/mol. The first-order valence-corrected chi connectivity index (χ1v) is 11.3. The summed E-state index contributed by atoms with van der Waals surface area (Å²) >= 11 is 5.83. The van der Waals surface area contributed by atoms with E-state index in [0.29, 0.717) is 27.9 Å². The Balaban J connectivity index is 1.48. The molecule has 1 aliphatic rings. The molecule has 164 valence electrons. The van der Waals surface area contributed by atoms with Crippen molar-refractivity contribution >= 4 is 38.9 Å². The van der Waals surface area contributed by atoms with Crippen molar-refractivity contribution in [2.24, 2.45) is 5.10 Å². The second kappa shape index (κ2) is 8.89. The molecule has 0 spiro atoms. The first-order chi connectivity index (χ1) is 15.3. The second-order valence-corrected chi connectivity index (χ2v) is 8.97. The number of amides is 1. The van der Waals surface area contributed by atoms with Gasteiger partial charge in [-0.3, -0.25) is 9.52 Å². The van der Waals surface area contributed by atoms with Crippen molar-refractivity contribution in [2.75, 3.05) is 11.5 Å². The van der Waals surface area contributed by atoms with Gasteiger partial charge in [0.1, 0.15) is 0 Å². The van der Waals surface area contributed by atoms with E-state index >= 15 is 0 Å². The number of anilines is 1. The van der Waals surface area contributed by atoms with E-state index in [1.807, 2.05) is 0 Å². The van der Waals surface area contributed by atoms with Crippen molar-refractivity contribution in [2.45, 2.75) is 11.8 Å². The van der Waals surface area contributed by atoms with Gasteiger partial charge in [0.15, 0.2) is 11.5 Å². The molecule has 8 nitrogen and oxygen atoms in total. The highest BCUT2D eigenvalue weighted by atomic mass is 35.5. The molecular formula is C22H18ClN3O5S. The van der Waals surface area contributed by atoms with Gasteiger partial charge in [-0.2, -0.15) is 5.10 Å². The predicted molar refractivity (Wildman–Crippen MR) is 121 cm³/mol. The van der Waals surface area contributed by atoms with E-state index in [-0.39, 0.29) is 17.3 Å². The summed E-state index contributed by atoms with van der Waals surface area (Å²) in [5.41, 5.74) is 4.24. The molecule has 0 unspecified atom stereocenters. The van der Waals surface area contributed by atoms with Gasteiger partial charge in [-0.25, -0.2) is 13.8 Å². The smallest absolute Gasteiger partial charge is 0.271 e. The van der Waals surface area contributed by atoms with Crippen LogP contribution in [0.15, 0.2) is 76.7 Å². The number of hydrogen-bond acceptors (Lipinski definition) is 6. The highest BCUT2D eigenvalue weighted by molar-refractivity contribution is 7.92. The topological polar surface area (TPSA) is 106 Å². The maximum atomic E-state index is 12.7. The summed E-state index contributed by atoms with van der Waals surface area (Å²) < 4.78 is 38.4. The Labute approximate surface area is 189 Å². The molecule has 1 aliphatic heterocycles. The molecule has 0 atom stereocenters. The van der Waals surface area contributed by atoms with Gasteiger partial charge in [0.05, 0.1) is 10.6 Å². The van der Waals surface area contributed by atoms with Crippen molar-refractivity contribution in [3.8, 4) is 11.5 Å². The Bertz CT molecular complexity index is 1310. The van der Waals surface area contributed by atoms with E-state index in [2.05, 4.69) is 15.2 Å². The van der Waals surface area contributed by atoms with Gasteiger partial charge >= 0.3 is 0 Å². The monoisotopic (exact) mass is 471 g/mol. The van der Waals surface area contributed by atoms with Crippen LogP contribution in [0.25, 0.3) is 0 Å². The molecule has 3 aromatic rings. The quantitative estimate of drug-likeness (QED) is 0.417. The number of rotatable bonds is 6. The molecule has 1 heterocycles. The minimum absolute atomic E-state index is 0.0587. The van der Waals surface area contributed by atoms with E-state index in [1.54, 1.807) is 49.4 Å². The highest BCUT2D eigenvalue weighted by Crippen LogP contribution is 2.32. The second-order valence-electron chi connectivity index (χ2n) is 6.85. The molecule has 0 fully saturated rings. The summed E-state index contributed by atoms with van der Waals surface area (Å²) in [5, 5.41) is 4.60. The number of sulfonamides is 1. The van der Waals surface area contributed by atoms with Gasteiger partial charge in [-0.05, 0) is 67.6 Å². The number of hydrogen-bond donors (Lipinski definition) is 2. The third kappa shape index (κ3) is 4.84. The van der Waals surface area contributed by atoms with Gasteiger partial charge in [0.2, 0.25) is 6.79 Å². The maximum Gasteiger partial charge on any atom is 0.271 e. The summed E-state index contributed by atoms with van der Waals surface area (Å²) in [6.45, 7) is 1.90. The molecule has 32 heavy (non-hydrogen) atoms. The van der Waals surface area contributed by atoms with Crippen LogP contribution in [0.5, 0.6) is 11.5 Å². The van der Waals surface area contributed by atoms with Gasteiger partial charge < -0.3 is 9.47 Å². The normalized spacial score (nSPS) is 13.0. The number of nitrogens with one attached hydrogen (secondary N) is 2. The molecule has 0 saturated heterocycles. The van der Waals surface area contributed by atoms with Crippen molar-refractivity contribution < 1.29 is 22.7 Å². The van der Waals surface area contributed by atoms with Crippen molar-refractivity contribution in [1.29, 1.82) is 0 Å². The zero-order valence-electron chi connectivity index (χ0n) is 16.8. The third-order valence-corrected chi connectivity index (χ3v) is 6.25. The Morgan fingerprint density at radius 3 is 2.50 bits per heavy atom. The fraction of sp³-hybridized carbons (Fsp3) is 0.0909. The summed E-state index contributed by atoms with van der Waals surface area (Å²) in [7, 11) is -3.90. The predicted octanol–water partition coefficient (Wildman–Crippen LogP) is 4.02. The van der Waals surface area contributed by atoms with Crippen LogP contribution >= 0.6 is 11.6 Å². The largest absolute Gasteiger partial charge is 0.454 e. The molecule has 0 saturated carbocycles. The van der Waals surface area contributed by atoms with Crippen molar-refractivity contribution in [3.63, 3.8) is 0 Å². The van der Waals surface area contributed by atoms with Gasteiger partial charge in [-0.15, -0.1) is 0 Å². The number of carbonyl (C=O) groups excluding carboxylic acids is 1. The lowest BCUT2D eigenvalue weighted by Gasteiger charge is -2.09. The number of halogens is 1. The number of nitrogens with zero attached hydrogens (tertiary/aromatic N) is 1. The number of fused-ring (bicyclic) bond motifs is 1. The van der Waals surface area contributed by atoms with E-state index in [1.165, 1.54) is 24.3 Å². The average Bonchev–Trinajstić information content (AvgIpc) is 3.26. The van der Waals surface area contributed by atoms with Crippen LogP contribution in [0.4, 0.5) is 5.69 Å². The first kappa shape index (κ1) is 21.7. The lowest BCUT2D eigenvalue weighted by molar-refractivity contribution is 0.0954. The Morgan fingerprint density at radius 1 is 0.969 bits per heavy atom. The minimum atomic E-state index is -3.90. The van der Waals surface area contributed by atoms with Crippen LogP contribution in [-0.2, 0) is 10.0 Å². The van der Waals surface area contributed by atoms with E-state index < -0.39 is 15.9 Å². The third-order valence-electron chi connectivity index (χ3n) is 4.62. The molecule has 4 rings (SSSR count). The summed E-state index contributed by atoms with van der Waals surface area (Å²) in [6.07, 6.45) is 0. The maximum absolute atomic E-state index is 12.7. The van der Waals surface area contributed by atoms with E-state index in [0.717, 1.165) is 5.56 Å². The van der Waals surface area contributed by atoms with Crippen molar-refractivity contribution in [3.05, 3.63) is 82.9 Å². The van der Waals surface area contributed by atoms with Gasteiger partial charge in [-0.1, -0.05) is 17.7 Å². The van der Waals surface area contributed by atoms with Crippen LogP contribution in [0.1, 0.15) is 22.8 Å². The SMILES string of the molecule is C/C(=N/NC(=O)c1cccc(S(=O)(=O)Nc2ccc(Cl)cc2)c1)c1ccc2c(c1)OCO2. The molecule has 0 aliphatic carbocycles. The molecule has 0 bridgehead atoms. The van der Waals surface area contributed by atoms with Gasteiger partial charge in [0, 0.05) is 21.8 Å². The van der Waals surface area contributed by atoms with Crippen molar-refractivity contribution in [1.82, 2.24) is 5.43 Å². The number of hydrazone groups is 1. The van der Waals surface area contributed by atoms with Gasteiger partial charge in [0.25, 0.3) is 15.9 Å². The van der Waals surface area contributed by atoms with Crippen LogP contribution < -0.4 is 19.6 Å². The minimum Gasteiger partial charge on any atom is -0.454 e. The zero-order chi connectivity index (χ0) is 22.7. The van der Waals surface area contributed by atoms with Crippen LogP contribution in [-0.4, -0.2) is 26.8 Å². The number of benzene rings is 3. The summed E-state index contributed by atoms with van der Waals surface area (Å²) in [4.78, 5) is 12.5. The molecule has 0 aromatic heterocycles. The van der Waals surface area contributed by atoms with Crippen LogP contribution in [0, 0.1) is 0 Å². The zero-order valence-corrected chi connectivity index (χ0v) is 18.4. The molecule has 3 aromatic carbocycles. The molecule has 0 radical (unpaired) electrons. The van der Waals surface area contributed by atoms with E-state index in [9.17, 15) is 13.2 Å². The van der Waals surface area contributed by atoms with Crippen LogP contribution in [0.2, 0.25) is 5.02 Å². The Hall–Kier alpha value is -3.56. The lowest BCUT2D eigenvalue weighted by atomic mass is 10.1. The Morgan fingerprint density at radius 2 is 1.72 bits per heavy atom.